The molecule has 0 aliphatic carbocycles. The van der Waals surface area contributed by atoms with E-state index in [0.717, 1.165) is 4.47 Å². The van der Waals surface area contributed by atoms with Gasteiger partial charge in [0, 0.05) is 16.6 Å². The average Bonchev–Trinajstić information content (AvgIpc) is 2.22. The molecule has 0 bridgehead atoms. The third-order valence-corrected chi connectivity index (χ3v) is 2.99. The molecule has 0 heterocycles. The first-order chi connectivity index (χ1) is 7.41. The van der Waals surface area contributed by atoms with E-state index in [1.807, 2.05) is 0 Å². The molecule has 1 aromatic rings. The lowest BCUT2D eigenvalue weighted by Crippen LogP contribution is -2.39. The summed E-state index contributed by atoms with van der Waals surface area (Å²) in [5.41, 5.74) is 5.71. The van der Waals surface area contributed by atoms with Gasteiger partial charge in [0.25, 0.3) is 0 Å². The molecule has 3 nitrogen and oxygen atoms in total. The maximum Gasteiger partial charge on any atom is 0.234 e. The van der Waals surface area contributed by atoms with Gasteiger partial charge in [-0.15, -0.1) is 0 Å². The second-order valence-corrected chi connectivity index (χ2v) is 4.64. The van der Waals surface area contributed by atoms with Crippen molar-refractivity contribution in [3.05, 3.63) is 34.1 Å². The smallest absolute Gasteiger partial charge is 0.234 e. The molecule has 5 heteroatoms. The minimum atomic E-state index is -0.419. The standard InChI is InChI=1S/C11H14BrFN2O/c1-7(11(14)16)15(2)6-8-5-9(12)3-4-10(8)13/h3-5,7H,6H2,1-2H3,(H2,14,16). The van der Waals surface area contributed by atoms with Crippen molar-refractivity contribution in [1.82, 2.24) is 4.90 Å². The van der Waals surface area contributed by atoms with Crippen molar-refractivity contribution < 1.29 is 9.18 Å². The third-order valence-electron chi connectivity index (χ3n) is 2.50. The van der Waals surface area contributed by atoms with Gasteiger partial charge in [0.2, 0.25) is 5.91 Å². The summed E-state index contributed by atoms with van der Waals surface area (Å²) in [6.45, 7) is 2.04. The van der Waals surface area contributed by atoms with E-state index < -0.39 is 11.9 Å². The van der Waals surface area contributed by atoms with E-state index in [4.69, 9.17) is 5.73 Å². The van der Waals surface area contributed by atoms with Crippen LogP contribution in [0.25, 0.3) is 0 Å². The molecule has 1 atom stereocenters. The second-order valence-electron chi connectivity index (χ2n) is 3.73. The Morgan fingerprint density at radius 3 is 2.81 bits per heavy atom. The van der Waals surface area contributed by atoms with E-state index in [1.165, 1.54) is 6.07 Å². The normalized spacial score (nSPS) is 12.8. The molecule has 1 amide bonds. The van der Waals surface area contributed by atoms with Gasteiger partial charge >= 0.3 is 0 Å². The Kier molecular flexibility index (Phi) is 4.44. The molecule has 0 saturated heterocycles. The highest BCUT2D eigenvalue weighted by Gasteiger charge is 2.16. The number of carbonyl (C=O) groups excluding carboxylic acids is 1. The number of rotatable bonds is 4. The summed E-state index contributed by atoms with van der Waals surface area (Å²) in [7, 11) is 1.73. The number of nitrogens with zero attached hydrogens (tertiary/aromatic N) is 1. The van der Waals surface area contributed by atoms with E-state index in [0.29, 0.717) is 12.1 Å². The summed E-state index contributed by atoms with van der Waals surface area (Å²) >= 11 is 3.28. The molecule has 1 unspecified atom stereocenters. The monoisotopic (exact) mass is 288 g/mol. The zero-order valence-corrected chi connectivity index (χ0v) is 10.8. The summed E-state index contributed by atoms with van der Waals surface area (Å²) in [5, 5.41) is 0. The molecule has 0 fully saturated rings. The largest absolute Gasteiger partial charge is 0.368 e. The molecule has 0 aromatic heterocycles. The van der Waals surface area contributed by atoms with E-state index in [2.05, 4.69) is 15.9 Å². The molecular formula is C11H14BrFN2O. The third kappa shape index (κ3) is 3.28. The molecule has 0 saturated carbocycles. The van der Waals surface area contributed by atoms with Crippen LogP contribution in [0.4, 0.5) is 4.39 Å². The lowest BCUT2D eigenvalue weighted by atomic mass is 10.2. The molecule has 16 heavy (non-hydrogen) atoms. The van der Waals surface area contributed by atoms with Crippen LogP contribution in [0.2, 0.25) is 0 Å². The number of likely N-dealkylation sites (N-methyl/N-ethyl adjacent to an activating group) is 1. The van der Waals surface area contributed by atoms with Crippen molar-refractivity contribution in [2.75, 3.05) is 7.05 Å². The van der Waals surface area contributed by atoms with Crippen LogP contribution in [0, 0.1) is 5.82 Å². The molecule has 0 spiro atoms. The Morgan fingerprint density at radius 2 is 2.25 bits per heavy atom. The van der Waals surface area contributed by atoms with E-state index in [-0.39, 0.29) is 5.82 Å². The van der Waals surface area contributed by atoms with Crippen molar-refractivity contribution in [2.24, 2.45) is 5.73 Å². The minimum absolute atomic E-state index is 0.285. The van der Waals surface area contributed by atoms with E-state index in [9.17, 15) is 9.18 Å². The molecule has 0 aliphatic heterocycles. The zero-order chi connectivity index (χ0) is 12.3. The summed E-state index contributed by atoms with van der Waals surface area (Å²) in [4.78, 5) is 12.7. The fourth-order valence-electron chi connectivity index (χ4n) is 1.29. The van der Waals surface area contributed by atoms with Crippen molar-refractivity contribution >= 4 is 21.8 Å². The first kappa shape index (κ1) is 13.1. The number of hydrogen-bond donors (Lipinski definition) is 1. The van der Waals surface area contributed by atoms with Crippen LogP contribution in [0.5, 0.6) is 0 Å². The Balaban J connectivity index is 2.80. The van der Waals surface area contributed by atoms with Gasteiger partial charge in [-0.05, 0) is 32.2 Å². The van der Waals surface area contributed by atoms with Crippen LogP contribution in [0.3, 0.4) is 0 Å². The van der Waals surface area contributed by atoms with Crippen molar-refractivity contribution in [3.63, 3.8) is 0 Å². The lowest BCUT2D eigenvalue weighted by molar-refractivity contribution is -0.122. The van der Waals surface area contributed by atoms with Crippen molar-refractivity contribution in [2.45, 2.75) is 19.5 Å². The number of hydrogen-bond acceptors (Lipinski definition) is 2. The van der Waals surface area contributed by atoms with Crippen LogP contribution < -0.4 is 5.73 Å². The highest BCUT2D eigenvalue weighted by atomic mass is 79.9. The highest BCUT2D eigenvalue weighted by molar-refractivity contribution is 9.10. The quantitative estimate of drug-likeness (QED) is 0.920. The second kappa shape index (κ2) is 5.41. The number of benzene rings is 1. The Morgan fingerprint density at radius 1 is 1.62 bits per heavy atom. The molecular weight excluding hydrogens is 275 g/mol. The number of nitrogens with two attached hydrogens (primary N) is 1. The predicted molar refractivity (Wildman–Crippen MR) is 64.2 cm³/mol. The average molecular weight is 289 g/mol. The first-order valence-corrected chi connectivity index (χ1v) is 5.64. The predicted octanol–water partition coefficient (Wildman–Crippen LogP) is 1.89. The highest BCUT2D eigenvalue weighted by Crippen LogP contribution is 2.17. The van der Waals surface area contributed by atoms with Gasteiger partial charge in [0.15, 0.2) is 0 Å². The van der Waals surface area contributed by atoms with Gasteiger partial charge in [0.1, 0.15) is 5.82 Å². The molecule has 1 rings (SSSR count). The van der Waals surface area contributed by atoms with Crippen LogP contribution in [0.1, 0.15) is 12.5 Å². The maximum absolute atomic E-state index is 13.4. The van der Waals surface area contributed by atoms with Gasteiger partial charge in [-0.1, -0.05) is 15.9 Å². The van der Waals surface area contributed by atoms with Gasteiger partial charge in [0.05, 0.1) is 6.04 Å². The molecule has 0 aliphatic rings. The van der Waals surface area contributed by atoms with Crippen LogP contribution in [-0.4, -0.2) is 23.9 Å². The van der Waals surface area contributed by atoms with E-state index in [1.54, 1.807) is 31.0 Å². The van der Waals surface area contributed by atoms with Crippen molar-refractivity contribution in [3.8, 4) is 0 Å². The maximum atomic E-state index is 13.4. The zero-order valence-electron chi connectivity index (χ0n) is 9.21. The Hall–Kier alpha value is -0.940. The van der Waals surface area contributed by atoms with Crippen molar-refractivity contribution in [1.29, 1.82) is 0 Å². The summed E-state index contributed by atoms with van der Waals surface area (Å²) in [6.07, 6.45) is 0. The molecule has 1 aromatic carbocycles. The molecule has 2 N–H and O–H groups in total. The van der Waals surface area contributed by atoms with Crippen LogP contribution in [-0.2, 0) is 11.3 Å². The summed E-state index contributed by atoms with van der Waals surface area (Å²) < 4.78 is 14.2. The van der Waals surface area contributed by atoms with E-state index >= 15 is 0 Å². The molecule has 88 valence electrons. The van der Waals surface area contributed by atoms with Crippen LogP contribution in [0.15, 0.2) is 22.7 Å². The Labute approximate surface area is 103 Å². The number of carbonyl (C=O) groups is 1. The number of halogens is 2. The molecule has 0 radical (unpaired) electrons. The topological polar surface area (TPSA) is 46.3 Å². The number of primary amides is 1. The van der Waals surface area contributed by atoms with Gasteiger partial charge in [-0.3, -0.25) is 9.69 Å². The summed E-state index contributed by atoms with van der Waals surface area (Å²) in [5.74, 6) is -0.704. The number of amides is 1. The van der Waals surface area contributed by atoms with Crippen LogP contribution >= 0.6 is 15.9 Å². The first-order valence-electron chi connectivity index (χ1n) is 4.85. The lowest BCUT2D eigenvalue weighted by Gasteiger charge is -2.22. The van der Waals surface area contributed by atoms with Gasteiger partial charge < -0.3 is 5.73 Å². The van der Waals surface area contributed by atoms with Gasteiger partial charge in [-0.25, -0.2) is 4.39 Å². The Bertz CT molecular complexity index is 398. The fraction of sp³-hybridized carbons (Fsp3) is 0.364. The van der Waals surface area contributed by atoms with Gasteiger partial charge in [-0.2, -0.15) is 0 Å². The fourth-order valence-corrected chi connectivity index (χ4v) is 1.70. The SMILES string of the molecule is CC(C(N)=O)N(C)Cc1cc(Br)ccc1F. The summed E-state index contributed by atoms with van der Waals surface area (Å²) in [6, 6.07) is 4.30. The minimum Gasteiger partial charge on any atom is -0.368 e.